The quantitative estimate of drug-likeness (QED) is 0.506. The fourth-order valence-electron chi connectivity index (χ4n) is 6.70. The molecule has 2 fully saturated rings. The van der Waals surface area contributed by atoms with E-state index in [1.165, 1.54) is 6.07 Å². The Bertz CT molecular complexity index is 1040. The molecule has 3 N–H and O–H groups in total. The third kappa shape index (κ3) is 3.95. The first-order valence-corrected chi connectivity index (χ1v) is 12.9. The molecule has 4 rings (SSSR count). The molecule has 35 heavy (non-hydrogen) atoms. The summed E-state index contributed by atoms with van der Waals surface area (Å²) in [6.07, 6.45) is 2.56. The van der Waals surface area contributed by atoms with Crippen molar-refractivity contribution < 1.29 is 34.4 Å². The van der Waals surface area contributed by atoms with Crippen LogP contribution in [-0.2, 0) is 9.53 Å². The number of hydrogen-bond acceptors (Lipinski definition) is 7. The zero-order valence-electron chi connectivity index (χ0n) is 22.0. The standard InChI is InChI=1S/C28H40O7/c1-8-14(2)21(30)15(3)16-13-17(29)20-23(32)25-27(6)11-9-18(26(4,5)33)34-19(27)10-12-28(25,7)35-24(20)22(16)31/h13-15,18-19,25,29,31,33H,8-12H2,1-7H3/t14-,15-,18+,19+,25+,27-,28+/m1/s1. The van der Waals surface area contributed by atoms with E-state index in [-0.39, 0.29) is 58.1 Å². The van der Waals surface area contributed by atoms with Crippen molar-refractivity contribution in [2.45, 2.75) is 110 Å². The Labute approximate surface area is 207 Å². The largest absolute Gasteiger partial charge is 0.507 e. The lowest BCUT2D eigenvalue weighted by Crippen LogP contribution is -2.65. The molecule has 7 heteroatoms. The van der Waals surface area contributed by atoms with E-state index in [0.717, 1.165) is 0 Å². The molecule has 1 aliphatic carbocycles. The number of aliphatic hydroxyl groups is 1. The van der Waals surface area contributed by atoms with Crippen molar-refractivity contribution in [3.8, 4) is 17.2 Å². The summed E-state index contributed by atoms with van der Waals surface area (Å²) in [5.74, 6) is -2.29. The average molecular weight is 489 g/mol. The smallest absolute Gasteiger partial charge is 0.178 e. The molecular formula is C28H40O7. The summed E-state index contributed by atoms with van der Waals surface area (Å²) in [7, 11) is 0. The molecule has 0 aromatic heterocycles. The maximum atomic E-state index is 14.0. The third-order valence-electron chi connectivity index (χ3n) is 9.07. The van der Waals surface area contributed by atoms with Gasteiger partial charge in [-0.3, -0.25) is 9.59 Å². The summed E-state index contributed by atoms with van der Waals surface area (Å²) in [5, 5.41) is 32.7. The second kappa shape index (κ2) is 8.48. The lowest BCUT2D eigenvalue weighted by molar-refractivity contribution is -0.227. The molecule has 3 aliphatic rings. The Hall–Kier alpha value is -2.12. The number of benzene rings is 1. The molecule has 2 aliphatic heterocycles. The van der Waals surface area contributed by atoms with Gasteiger partial charge in [0.15, 0.2) is 17.3 Å². The second-order valence-corrected chi connectivity index (χ2v) is 12.0. The maximum Gasteiger partial charge on any atom is 0.178 e. The van der Waals surface area contributed by atoms with E-state index in [4.69, 9.17) is 9.47 Å². The molecule has 1 saturated carbocycles. The predicted octanol–water partition coefficient (Wildman–Crippen LogP) is 4.89. The number of carbonyl (C=O) groups excluding carboxylic acids is 2. The second-order valence-electron chi connectivity index (χ2n) is 12.0. The highest BCUT2D eigenvalue weighted by Crippen LogP contribution is 2.60. The summed E-state index contributed by atoms with van der Waals surface area (Å²) in [6, 6.07) is 1.34. The molecule has 0 unspecified atom stereocenters. The number of phenols is 2. The van der Waals surface area contributed by atoms with E-state index in [9.17, 15) is 24.9 Å². The first kappa shape index (κ1) is 26.0. The molecule has 0 bridgehead atoms. The number of hydrogen-bond donors (Lipinski definition) is 3. The molecule has 0 spiro atoms. The molecule has 1 saturated heterocycles. The fourth-order valence-corrected chi connectivity index (χ4v) is 6.70. The van der Waals surface area contributed by atoms with E-state index in [1.54, 1.807) is 20.8 Å². The number of ether oxygens (including phenoxy) is 2. The number of Topliss-reactive ketones (excluding diaryl/α,β-unsaturated/α-hetero) is 2. The zero-order chi connectivity index (χ0) is 26.1. The zero-order valence-corrected chi connectivity index (χ0v) is 22.0. The number of ketones is 2. The van der Waals surface area contributed by atoms with Crippen LogP contribution in [0, 0.1) is 17.3 Å². The molecule has 1 aromatic rings. The molecule has 2 heterocycles. The van der Waals surface area contributed by atoms with Crippen LogP contribution in [0.3, 0.4) is 0 Å². The van der Waals surface area contributed by atoms with Gasteiger partial charge < -0.3 is 24.8 Å². The number of rotatable bonds is 5. The van der Waals surface area contributed by atoms with E-state index in [2.05, 4.69) is 0 Å². The van der Waals surface area contributed by atoms with Gasteiger partial charge in [-0.05, 0) is 58.9 Å². The minimum Gasteiger partial charge on any atom is -0.507 e. The van der Waals surface area contributed by atoms with Crippen molar-refractivity contribution in [3.63, 3.8) is 0 Å². The van der Waals surface area contributed by atoms with E-state index in [0.29, 0.717) is 32.1 Å². The van der Waals surface area contributed by atoms with Crippen LogP contribution < -0.4 is 4.74 Å². The van der Waals surface area contributed by atoms with Gasteiger partial charge in [-0.25, -0.2) is 0 Å². The minimum atomic E-state index is -0.981. The molecule has 194 valence electrons. The molecule has 0 amide bonds. The summed E-state index contributed by atoms with van der Waals surface area (Å²) in [5.41, 5.74) is -2.18. The van der Waals surface area contributed by atoms with E-state index < -0.39 is 28.5 Å². The van der Waals surface area contributed by atoms with Gasteiger partial charge in [0.2, 0.25) is 0 Å². The highest BCUT2D eigenvalue weighted by molar-refractivity contribution is 6.06. The first-order chi connectivity index (χ1) is 16.2. The van der Waals surface area contributed by atoms with Crippen LogP contribution in [0.4, 0.5) is 0 Å². The van der Waals surface area contributed by atoms with Crippen molar-refractivity contribution in [1.29, 1.82) is 0 Å². The monoisotopic (exact) mass is 488 g/mol. The van der Waals surface area contributed by atoms with Crippen LogP contribution >= 0.6 is 0 Å². The summed E-state index contributed by atoms with van der Waals surface area (Å²) in [4.78, 5) is 26.8. The Morgan fingerprint density at radius 2 is 1.86 bits per heavy atom. The summed E-state index contributed by atoms with van der Waals surface area (Å²) < 4.78 is 12.8. The normalized spacial score (nSPS) is 34.2. The molecule has 7 nitrogen and oxygen atoms in total. The Balaban J connectivity index is 1.75. The SMILES string of the molecule is CC[C@@H](C)C(=O)[C@H](C)c1cc(O)c2c(c1O)O[C@@]1(C)CC[C@@H]3O[C@H](C(C)(C)O)CC[C@@]3(C)[C@@H]1C2=O. The summed E-state index contributed by atoms with van der Waals surface area (Å²) >= 11 is 0. The van der Waals surface area contributed by atoms with Crippen molar-refractivity contribution in [2.75, 3.05) is 0 Å². The van der Waals surface area contributed by atoms with Crippen LogP contribution in [0.5, 0.6) is 17.2 Å². The average Bonchev–Trinajstić information content (AvgIpc) is 2.77. The lowest BCUT2D eigenvalue weighted by Gasteiger charge is -2.59. The van der Waals surface area contributed by atoms with Gasteiger partial charge in [0.05, 0.1) is 23.7 Å². The number of aromatic hydroxyl groups is 2. The number of phenolic OH excluding ortho intramolecular Hbond substituents is 2. The van der Waals surface area contributed by atoms with Crippen molar-refractivity contribution in [2.24, 2.45) is 17.3 Å². The van der Waals surface area contributed by atoms with Crippen LogP contribution in [0.25, 0.3) is 0 Å². The molecular weight excluding hydrogens is 448 g/mol. The molecule has 7 atom stereocenters. The topological polar surface area (TPSA) is 113 Å². The van der Waals surface area contributed by atoms with Gasteiger partial charge in [0.25, 0.3) is 0 Å². The fraction of sp³-hybridized carbons (Fsp3) is 0.714. The molecule has 0 radical (unpaired) electrons. The first-order valence-electron chi connectivity index (χ1n) is 12.9. The predicted molar refractivity (Wildman–Crippen MR) is 131 cm³/mol. The van der Waals surface area contributed by atoms with Crippen LogP contribution in [0.2, 0.25) is 0 Å². The van der Waals surface area contributed by atoms with E-state index in [1.807, 2.05) is 27.7 Å². The number of carbonyl (C=O) groups is 2. The summed E-state index contributed by atoms with van der Waals surface area (Å²) in [6.45, 7) is 12.9. The highest BCUT2D eigenvalue weighted by atomic mass is 16.5. The van der Waals surface area contributed by atoms with E-state index >= 15 is 0 Å². The van der Waals surface area contributed by atoms with Gasteiger partial charge in [-0.2, -0.15) is 0 Å². The third-order valence-corrected chi connectivity index (χ3v) is 9.07. The van der Waals surface area contributed by atoms with Crippen LogP contribution in [-0.4, -0.2) is 50.3 Å². The Morgan fingerprint density at radius 3 is 2.46 bits per heavy atom. The van der Waals surface area contributed by atoms with Gasteiger partial charge >= 0.3 is 0 Å². The van der Waals surface area contributed by atoms with Gasteiger partial charge in [-0.1, -0.05) is 27.7 Å². The Kier molecular flexibility index (Phi) is 6.29. The van der Waals surface area contributed by atoms with Crippen LogP contribution in [0.1, 0.15) is 102 Å². The lowest BCUT2D eigenvalue weighted by atomic mass is 9.53. The van der Waals surface area contributed by atoms with Crippen molar-refractivity contribution in [3.05, 3.63) is 17.2 Å². The van der Waals surface area contributed by atoms with Crippen LogP contribution in [0.15, 0.2) is 6.07 Å². The Morgan fingerprint density at radius 1 is 1.20 bits per heavy atom. The van der Waals surface area contributed by atoms with Gasteiger partial charge in [-0.15, -0.1) is 0 Å². The van der Waals surface area contributed by atoms with Crippen molar-refractivity contribution >= 4 is 11.6 Å². The van der Waals surface area contributed by atoms with Crippen molar-refractivity contribution in [1.82, 2.24) is 0 Å². The van der Waals surface area contributed by atoms with Gasteiger partial charge in [0, 0.05) is 22.8 Å². The maximum absolute atomic E-state index is 14.0. The minimum absolute atomic E-state index is 0.0246. The highest BCUT2D eigenvalue weighted by Gasteiger charge is 2.63. The molecule has 1 aromatic carbocycles. The van der Waals surface area contributed by atoms with Gasteiger partial charge in [0.1, 0.15) is 22.7 Å². The number of fused-ring (bicyclic) bond motifs is 4.